The predicted octanol–water partition coefficient (Wildman–Crippen LogP) is 4.19. The lowest BCUT2D eigenvalue weighted by Gasteiger charge is -2.14. The Morgan fingerprint density at radius 3 is 2.21 bits per heavy atom. The van der Waals surface area contributed by atoms with Gasteiger partial charge in [-0.1, -0.05) is 36.4 Å². The van der Waals surface area contributed by atoms with E-state index in [4.69, 9.17) is 5.73 Å². The summed E-state index contributed by atoms with van der Waals surface area (Å²) in [6, 6.07) is 12.2. The summed E-state index contributed by atoms with van der Waals surface area (Å²) in [6.45, 7) is 1.60. The summed E-state index contributed by atoms with van der Waals surface area (Å²) in [4.78, 5) is 0. The first-order valence-corrected chi connectivity index (χ1v) is 5.88. The number of halogens is 3. The fraction of sp³-hybridized carbons (Fsp3) is 0.200. The fourth-order valence-corrected chi connectivity index (χ4v) is 2.04. The fourth-order valence-electron chi connectivity index (χ4n) is 2.04. The van der Waals surface area contributed by atoms with Crippen molar-refractivity contribution in [1.29, 1.82) is 0 Å². The van der Waals surface area contributed by atoms with Crippen LogP contribution in [0, 0.1) is 6.92 Å². The van der Waals surface area contributed by atoms with Gasteiger partial charge >= 0.3 is 6.18 Å². The molecule has 0 aromatic heterocycles. The number of hydrogen-bond acceptors (Lipinski definition) is 1. The van der Waals surface area contributed by atoms with Gasteiger partial charge in [0, 0.05) is 5.69 Å². The Bertz CT molecular complexity index is 574. The van der Waals surface area contributed by atoms with Crippen molar-refractivity contribution in [2.45, 2.75) is 19.5 Å². The highest BCUT2D eigenvalue weighted by Crippen LogP contribution is 2.36. The Labute approximate surface area is 109 Å². The van der Waals surface area contributed by atoms with Crippen LogP contribution in [0.15, 0.2) is 42.5 Å². The van der Waals surface area contributed by atoms with Crippen LogP contribution >= 0.6 is 0 Å². The van der Waals surface area contributed by atoms with Crippen LogP contribution in [0.5, 0.6) is 0 Å². The van der Waals surface area contributed by atoms with E-state index in [1.165, 1.54) is 0 Å². The zero-order valence-corrected chi connectivity index (χ0v) is 10.5. The molecule has 1 nitrogen and oxygen atoms in total. The molecule has 0 bridgehead atoms. The smallest absolute Gasteiger partial charge is 0.398 e. The maximum absolute atomic E-state index is 12.9. The highest BCUT2D eigenvalue weighted by Gasteiger charge is 2.33. The minimum absolute atomic E-state index is 0.190. The average molecular weight is 265 g/mol. The maximum Gasteiger partial charge on any atom is 0.418 e. The second-order valence-electron chi connectivity index (χ2n) is 4.53. The molecule has 2 aromatic rings. The number of anilines is 1. The van der Waals surface area contributed by atoms with E-state index in [-0.39, 0.29) is 5.69 Å². The first kappa shape index (κ1) is 13.5. The lowest BCUT2D eigenvalue weighted by atomic mass is 9.98. The van der Waals surface area contributed by atoms with E-state index in [2.05, 4.69) is 0 Å². The molecule has 100 valence electrons. The predicted molar refractivity (Wildman–Crippen MR) is 69.8 cm³/mol. The van der Waals surface area contributed by atoms with Gasteiger partial charge in [-0.25, -0.2) is 0 Å². The SMILES string of the molecule is Cc1cc(Cc2ccccc2)cc(C(F)(F)F)c1N. The summed E-state index contributed by atoms with van der Waals surface area (Å²) < 4.78 is 38.6. The van der Waals surface area contributed by atoms with Crippen molar-refractivity contribution in [3.63, 3.8) is 0 Å². The standard InChI is InChI=1S/C15H14F3N/c1-10-7-12(8-11-5-3-2-4-6-11)9-13(14(10)19)15(16,17)18/h2-7,9H,8,19H2,1H3. The van der Waals surface area contributed by atoms with Crippen LogP contribution in [-0.2, 0) is 12.6 Å². The first-order valence-electron chi connectivity index (χ1n) is 5.88. The molecule has 19 heavy (non-hydrogen) atoms. The van der Waals surface area contributed by atoms with Gasteiger partial charge in [0.2, 0.25) is 0 Å². The molecule has 0 aliphatic heterocycles. The van der Waals surface area contributed by atoms with Gasteiger partial charge in [0.25, 0.3) is 0 Å². The summed E-state index contributed by atoms with van der Waals surface area (Å²) in [6.07, 6.45) is -3.95. The molecule has 4 heteroatoms. The van der Waals surface area contributed by atoms with E-state index in [1.807, 2.05) is 30.3 Å². The van der Waals surface area contributed by atoms with Crippen LogP contribution < -0.4 is 5.73 Å². The summed E-state index contributed by atoms with van der Waals surface area (Å²) >= 11 is 0. The molecule has 0 atom stereocenters. The van der Waals surface area contributed by atoms with Crippen molar-refractivity contribution in [2.24, 2.45) is 0 Å². The normalized spacial score (nSPS) is 11.6. The minimum Gasteiger partial charge on any atom is -0.398 e. The van der Waals surface area contributed by atoms with Gasteiger partial charge in [-0.05, 0) is 36.1 Å². The number of alkyl halides is 3. The summed E-state index contributed by atoms with van der Waals surface area (Å²) in [5, 5.41) is 0. The molecule has 2 rings (SSSR count). The van der Waals surface area contributed by atoms with Crippen molar-refractivity contribution >= 4 is 5.69 Å². The van der Waals surface area contributed by atoms with Gasteiger partial charge in [0.1, 0.15) is 0 Å². The second-order valence-corrected chi connectivity index (χ2v) is 4.53. The van der Waals surface area contributed by atoms with Gasteiger partial charge in [-0.2, -0.15) is 13.2 Å². The van der Waals surface area contributed by atoms with Crippen LogP contribution in [-0.4, -0.2) is 0 Å². The van der Waals surface area contributed by atoms with Gasteiger partial charge < -0.3 is 5.73 Å². The van der Waals surface area contributed by atoms with Gasteiger partial charge in [0.15, 0.2) is 0 Å². The second kappa shape index (κ2) is 4.96. The lowest BCUT2D eigenvalue weighted by molar-refractivity contribution is -0.137. The van der Waals surface area contributed by atoms with Gasteiger partial charge in [0.05, 0.1) is 5.56 Å². The van der Waals surface area contributed by atoms with E-state index in [1.54, 1.807) is 13.0 Å². The quantitative estimate of drug-likeness (QED) is 0.810. The van der Waals surface area contributed by atoms with E-state index in [0.717, 1.165) is 11.6 Å². The number of aryl methyl sites for hydroxylation is 1. The number of hydrogen-bond donors (Lipinski definition) is 1. The third kappa shape index (κ3) is 3.08. The van der Waals surface area contributed by atoms with Crippen LogP contribution in [0.4, 0.5) is 18.9 Å². The number of rotatable bonds is 2. The summed E-state index contributed by atoms with van der Waals surface area (Å²) in [5.74, 6) is 0. The largest absolute Gasteiger partial charge is 0.418 e. The average Bonchev–Trinajstić information content (AvgIpc) is 2.33. The first-order chi connectivity index (χ1) is 8.88. The Balaban J connectivity index is 2.40. The molecule has 2 aromatic carbocycles. The number of nitrogens with two attached hydrogens (primary N) is 1. The van der Waals surface area contributed by atoms with Crippen molar-refractivity contribution in [1.82, 2.24) is 0 Å². The van der Waals surface area contributed by atoms with Crippen molar-refractivity contribution in [3.05, 3.63) is 64.7 Å². The van der Waals surface area contributed by atoms with Crippen LogP contribution in [0.3, 0.4) is 0 Å². The Hall–Kier alpha value is -1.97. The maximum atomic E-state index is 12.9. The molecule has 0 unspecified atom stereocenters. The summed E-state index contributed by atoms with van der Waals surface area (Å²) in [5.41, 5.74) is 6.62. The molecule has 0 saturated carbocycles. The lowest BCUT2D eigenvalue weighted by Crippen LogP contribution is -2.11. The van der Waals surface area contributed by atoms with Gasteiger partial charge in [-0.15, -0.1) is 0 Å². The highest BCUT2D eigenvalue weighted by atomic mass is 19.4. The van der Waals surface area contributed by atoms with E-state index in [9.17, 15) is 13.2 Å². The Morgan fingerprint density at radius 2 is 1.63 bits per heavy atom. The van der Waals surface area contributed by atoms with E-state index in [0.29, 0.717) is 17.5 Å². The molecule has 0 fully saturated rings. The Morgan fingerprint density at radius 1 is 1.00 bits per heavy atom. The third-order valence-electron chi connectivity index (χ3n) is 3.00. The third-order valence-corrected chi connectivity index (χ3v) is 3.00. The van der Waals surface area contributed by atoms with Gasteiger partial charge in [-0.3, -0.25) is 0 Å². The molecular formula is C15H14F3N. The monoisotopic (exact) mass is 265 g/mol. The molecular weight excluding hydrogens is 251 g/mol. The number of nitrogen functional groups attached to an aromatic ring is 1. The van der Waals surface area contributed by atoms with E-state index >= 15 is 0 Å². The molecule has 0 saturated heterocycles. The van der Waals surface area contributed by atoms with Crippen LogP contribution in [0.2, 0.25) is 0 Å². The topological polar surface area (TPSA) is 26.0 Å². The van der Waals surface area contributed by atoms with E-state index < -0.39 is 11.7 Å². The molecule has 0 amide bonds. The van der Waals surface area contributed by atoms with Crippen LogP contribution in [0.1, 0.15) is 22.3 Å². The molecule has 0 radical (unpaired) electrons. The molecule has 0 spiro atoms. The van der Waals surface area contributed by atoms with Crippen molar-refractivity contribution in [2.75, 3.05) is 5.73 Å². The molecule has 0 aliphatic rings. The Kier molecular flexibility index (Phi) is 3.51. The summed E-state index contributed by atoms with van der Waals surface area (Å²) in [7, 11) is 0. The highest BCUT2D eigenvalue weighted by molar-refractivity contribution is 5.56. The molecule has 0 aliphatic carbocycles. The minimum atomic E-state index is -4.42. The van der Waals surface area contributed by atoms with Crippen LogP contribution in [0.25, 0.3) is 0 Å². The van der Waals surface area contributed by atoms with Crippen molar-refractivity contribution in [3.8, 4) is 0 Å². The zero-order valence-electron chi connectivity index (χ0n) is 10.5. The number of benzene rings is 2. The van der Waals surface area contributed by atoms with Crippen molar-refractivity contribution < 1.29 is 13.2 Å². The molecule has 2 N–H and O–H groups in total. The molecule has 0 heterocycles. The zero-order chi connectivity index (χ0) is 14.0.